The average molecular weight is 366 g/mol. The summed E-state index contributed by atoms with van der Waals surface area (Å²) in [5, 5.41) is 28.2. The number of hydrogen-bond acceptors (Lipinski definition) is 6. The number of aliphatic hydroxyl groups is 2. The largest absolute Gasteiger partial charge is 0.479 e. The van der Waals surface area contributed by atoms with Crippen LogP contribution in [0, 0.1) is 11.3 Å². The minimum absolute atomic E-state index is 0.0366. The number of carboxylic acid groups (broad SMARTS) is 1. The molecule has 7 nitrogen and oxygen atoms in total. The van der Waals surface area contributed by atoms with Crippen LogP contribution in [0.5, 0.6) is 0 Å². The lowest BCUT2D eigenvalue weighted by Gasteiger charge is -2.46. The van der Waals surface area contributed by atoms with Gasteiger partial charge in [0.1, 0.15) is 6.10 Å². The molecule has 0 bridgehead atoms. The Morgan fingerprint density at radius 2 is 2.23 bits per heavy atom. The molecule has 144 valence electrons. The van der Waals surface area contributed by atoms with Gasteiger partial charge in [-0.2, -0.15) is 0 Å². The zero-order valence-corrected chi connectivity index (χ0v) is 15.1. The van der Waals surface area contributed by atoms with Crippen LogP contribution in [0.15, 0.2) is 23.8 Å². The smallest absolute Gasteiger partial charge is 0.332 e. The third-order valence-corrected chi connectivity index (χ3v) is 6.38. The van der Waals surface area contributed by atoms with Gasteiger partial charge in [-0.1, -0.05) is 26.0 Å². The second kappa shape index (κ2) is 6.56. The van der Waals surface area contributed by atoms with E-state index >= 15 is 0 Å². The highest BCUT2D eigenvalue weighted by molar-refractivity contribution is 6.04. The molecule has 0 aromatic carbocycles. The molecule has 0 unspecified atom stereocenters. The monoisotopic (exact) mass is 366 g/mol. The number of carboxylic acids is 1. The van der Waals surface area contributed by atoms with Crippen molar-refractivity contribution >= 4 is 11.8 Å². The van der Waals surface area contributed by atoms with Crippen molar-refractivity contribution in [3.05, 3.63) is 23.8 Å². The molecule has 7 heteroatoms. The molecule has 1 saturated carbocycles. The van der Waals surface area contributed by atoms with Gasteiger partial charge in [0.25, 0.3) is 0 Å². The van der Waals surface area contributed by atoms with Crippen LogP contribution >= 0.6 is 0 Å². The number of ether oxygens (including phenoxy) is 2. The molecule has 3 aliphatic rings. The van der Waals surface area contributed by atoms with E-state index in [1.807, 2.05) is 13.8 Å². The summed E-state index contributed by atoms with van der Waals surface area (Å²) in [4.78, 5) is 23.3. The van der Waals surface area contributed by atoms with Crippen LogP contribution in [0.3, 0.4) is 0 Å². The van der Waals surface area contributed by atoms with E-state index in [-0.39, 0.29) is 37.4 Å². The van der Waals surface area contributed by atoms with Crippen molar-refractivity contribution in [2.24, 2.45) is 11.3 Å². The Morgan fingerprint density at radius 1 is 1.54 bits per heavy atom. The predicted octanol–water partition coefficient (Wildman–Crippen LogP) is 0.839. The molecule has 3 N–H and O–H groups in total. The molecule has 1 saturated heterocycles. The van der Waals surface area contributed by atoms with E-state index < -0.39 is 29.2 Å². The molecule has 0 aromatic rings. The first-order valence-electron chi connectivity index (χ1n) is 8.94. The molecular formula is C19H26O7. The molecule has 26 heavy (non-hydrogen) atoms. The first-order valence-corrected chi connectivity index (χ1v) is 8.94. The maximum absolute atomic E-state index is 12.7. The fourth-order valence-electron chi connectivity index (χ4n) is 4.36. The van der Waals surface area contributed by atoms with Crippen LogP contribution in [0.25, 0.3) is 0 Å². The standard InChI is InChI=1S/C19H26O7/c1-10(9-25-7-6-14(21)16(23)24)19-15(22)8-12-4-5-13(20)11(2)18(12,3)17(19)26-19/h8,11,13-14,17,20-21H,1,4-7,9H2,2-3H3,(H,23,24)/t11-,13+,14+,17+,18+,19-/m0/s1. The average Bonchev–Trinajstić information content (AvgIpc) is 3.36. The van der Waals surface area contributed by atoms with Gasteiger partial charge < -0.3 is 24.8 Å². The Hall–Kier alpha value is -1.54. The molecule has 0 spiro atoms. The quantitative estimate of drug-likeness (QED) is 0.347. The Balaban J connectivity index is 1.68. The number of aliphatic carboxylic acids is 1. The highest BCUT2D eigenvalue weighted by Gasteiger charge is 2.74. The van der Waals surface area contributed by atoms with Crippen LogP contribution < -0.4 is 0 Å². The summed E-state index contributed by atoms with van der Waals surface area (Å²) in [6, 6.07) is 0. The van der Waals surface area contributed by atoms with E-state index in [0.29, 0.717) is 18.4 Å². The molecule has 0 aromatic heterocycles. The number of fused-ring (bicyclic) bond motifs is 3. The van der Waals surface area contributed by atoms with Crippen molar-refractivity contribution in [2.45, 2.75) is 57.0 Å². The lowest BCUT2D eigenvalue weighted by atomic mass is 9.57. The van der Waals surface area contributed by atoms with E-state index in [9.17, 15) is 19.8 Å². The zero-order chi connectivity index (χ0) is 19.3. The maximum Gasteiger partial charge on any atom is 0.332 e. The van der Waals surface area contributed by atoms with Crippen molar-refractivity contribution in [2.75, 3.05) is 13.2 Å². The first-order chi connectivity index (χ1) is 12.2. The second-order valence-corrected chi connectivity index (χ2v) is 7.74. The normalized spacial score (nSPS) is 39.5. The van der Waals surface area contributed by atoms with Crippen molar-refractivity contribution < 1.29 is 34.4 Å². The van der Waals surface area contributed by atoms with Crippen molar-refractivity contribution in [1.29, 1.82) is 0 Å². The summed E-state index contributed by atoms with van der Waals surface area (Å²) < 4.78 is 11.3. The first kappa shape index (κ1) is 19.2. The summed E-state index contributed by atoms with van der Waals surface area (Å²) in [5.74, 6) is -1.48. The molecule has 0 radical (unpaired) electrons. The molecule has 3 rings (SSSR count). The number of rotatable bonds is 7. The van der Waals surface area contributed by atoms with Gasteiger partial charge in [0.05, 0.1) is 19.3 Å². The van der Waals surface area contributed by atoms with Crippen molar-refractivity contribution in [1.82, 2.24) is 0 Å². The van der Waals surface area contributed by atoms with E-state index in [1.165, 1.54) is 0 Å². The van der Waals surface area contributed by atoms with Crippen molar-refractivity contribution in [3.8, 4) is 0 Å². The number of carbonyl (C=O) groups is 2. The van der Waals surface area contributed by atoms with E-state index in [0.717, 1.165) is 5.57 Å². The van der Waals surface area contributed by atoms with Gasteiger partial charge in [-0.15, -0.1) is 0 Å². The van der Waals surface area contributed by atoms with Gasteiger partial charge in [0, 0.05) is 11.8 Å². The van der Waals surface area contributed by atoms with Gasteiger partial charge in [0.2, 0.25) is 0 Å². The van der Waals surface area contributed by atoms with Crippen molar-refractivity contribution in [3.63, 3.8) is 0 Å². The molecule has 1 heterocycles. The maximum atomic E-state index is 12.7. The van der Waals surface area contributed by atoms with Gasteiger partial charge in [0.15, 0.2) is 17.5 Å². The molecule has 2 aliphatic carbocycles. The fraction of sp³-hybridized carbons (Fsp3) is 0.684. The zero-order valence-electron chi connectivity index (χ0n) is 15.1. The molecule has 2 fully saturated rings. The molecule has 6 atom stereocenters. The number of carbonyl (C=O) groups excluding carboxylic acids is 1. The van der Waals surface area contributed by atoms with Gasteiger partial charge >= 0.3 is 5.97 Å². The number of epoxide rings is 1. The summed E-state index contributed by atoms with van der Waals surface area (Å²) in [5.41, 5.74) is -0.0268. The van der Waals surface area contributed by atoms with Gasteiger partial charge in [-0.25, -0.2) is 4.79 Å². The second-order valence-electron chi connectivity index (χ2n) is 7.74. The summed E-state index contributed by atoms with van der Waals surface area (Å²) in [7, 11) is 0. The fourth-order valence-corrected chi connectivity index (χ4v) is 4.36. The van der Waals surface area contributed by atoms with E-state index in [4.69, 9.17) is 14.6 Å². The number of ketones is 1. The third kappa shape index (κ3) is 2.74. The highest BCUT2D eigenvalue weighted by atomic mass is 16.6. The Labute approximate surface area is 152 Å². The van der Waals surface area contributed by atoms with Crippen LogP contribution in [-0.2, 0) is 19.1 Å². The lowest BCUT2D eigenvalue weighted by molar-refractivity contribution is -0.147. The molecule has 0 amide bonds. The molecular weight excluding hydrogens is 340 g/mol. The van der Waals surface area contributed by atoms with Gasteiger partial charge in [-0.3, -0.25) is 4.79 Å². The lowest BCUT2D eigenvalue weighted by Crippen LogP contribution is -2.50. The van der Waals surface area contributed by atoms with Crippen LogP contribution in [-0.4, -0.2) is 64.2 Å². The third-order valence-electron chi connectivity index (χ3n) is 6.38. The summed E-state index contributed by atoms with van der Waals surface area (Å²) in [6.07, 6.45) is 0.647. The van der Waals surface area contributed by atoms with Gasteiger partial charge in [-0.05, 0) is 30.4 Å². The Morgan fingerprint density at radius 3 is 2.88 bits per heavy atom. The minimum atomic E-state index is -1.48. The number of aliphatic hydroxyl groups excluding tert-OH is 2. The van der Waals surface area contributed by atoms with Crippen LogP contribution in [0.4, 0.5) is 0 Å². The summed E-state index contributed by atoms with van der Waals surface area (Å²) in [6.45, 7) is 8.06. The van der Waals surface area contributed by atoms with Crippen LogP contribution in [0.2, 0.25) is 0 Å². The Bertz CT molecular complexity index is 669. The molecule has 1 aliphatic heterocycles. The number of hydrogen-bond donors (Lipinski definition) is 3. The predicted molar refractivity (Wildman–Crippen MR) is 91.4 cm³/mol. The SMILES string of the molecule is C=C(COCC[C@@H](O)C(=O)O)[C@@]12O[C@@H]1[C@@]1(C)C(=CC2=O)CC[C@@H](O)[C@@H]1C. The summed E-state index contributed by atoms with van der Waals surface area (Å²) >= 11 is 0. The topological polar surface area (TPSA) is 117 Å². The highest BCUT2D eigenvalue weighted by Crippen LogP contribution is 2.63. The minimum Gasteiger partial charge on any atom is -0.479 e. The van der Waals surface area contributed by atoms with Crippen LogP contribution in [0.1, 0.15) is 33.1 Å². The van der Waals surface area contributed by atoms with E-state index in [2.05, 4.69) is 6.58 Å². The van der Waals surface area contributed by atoms with E-state index in [1.54, 1.807) is 6.08 Å². The Kier molecular flexibility index (Phi) is 4.85.